The van der Waals surface area contributed by atoms with Gasteiger partial charge in [-0.2, -0.15) is 0 Å². The van der Waals surface area contributed by atoms with Crippen molar-refractivity contribution in [3.63, 3.8) is 0 Å². The number of rotatable bonds is 6. The van der Waals surface area contributed by atoms with Gasteiger partial charge in [0.25, 0.3) is 0 Å². The van der Waals surface area contributed by atoms with Gasteiger partial charge in [0.2, 0.25) is 5.88 Å². The van der Waals surface area contributed by atoms with E-state index in [-0.39, 0.29) is 12.0 Å². The summed E-state index contributed by atoms with van der Waals surface area (Å²) in [6, 6.07) is 4.89. The molecule has 1 heterocycles. The average Bonchev–Trinajstić information content (AvgIpc) is 2.26. The lowest BCUT2D eigenvalue weighted by Gasteiger charge is -2.18. The first-order valence-electron chi connectivity index (χ1n) is 5.03. The van der Waals surface area contributed by atoms with Crippen LogP contribution in [0.1, 0.15) is 13.8 Å². The number of hydrogen-bond donors (Lipinski definition) is 0. The van der Waals surface area contributed by atoms with Gasteiger partial charge in [0.1, 0.15) is 6.61 Å². The zero-order valence-electron chi connectivity index (χ0n) is 9.32. The lowest BCUT2D eigenvalue weighted by Crippen LogP contribution is -2.32. The Labute approximate surface area is 93.4 Å². The number of hydrogen-bond acceptors (Lipinski definition) is 3. The summed E-state index contributed by atoms with van der Waals surface area (Å²) in [6.07, 6.45) is 1.26. The third-order valence-corrected chi connectivity index (χ3v) is 1.70. The minimum Gasteiger partial charge on any atom is -0.471 e. The van der Waals surface area contributed by atoms with Crippen LogP contribution in [0.3, 0.4) is 0 Å². The molecule has 16 heavy (non-hydrogen) atoms. The molecule has 1 aromatic rings. The summed E-state index contributed by atoms with van der Waals surface area (Å²) in [6.45, 7) is 2.04. The van der Waals surface area contributed by atoms with Crippen LogP contribution in [0, 0.1) is 0 Å². The summed E-state index contributed by atoms with van der Waals surface area (Å²) in [5.41, 5.74) is 0. The van der Waals surface area contributed by atoms with Crippen LogP contribution in [0.4, 0.5) is 8.78 Å². The van der Waals surface area contributed by atoms with Crippen LogP contribution >= 0.6 is 0 Å². The smallest absolute Gasteiger partial charge is 0.304 e. The summed E-state index contributed by atoms with van der Waals surface area (Å²) in [5, 5.41) is 0. The van der Waals surface area contributed by atoms with Crippen molar-refractivity contribution in [3.05, 3.63) is 24.4 Å². The first kappa shape index (κ1) is 12.8. The monoisotopic (exact) mass is 231 g/mol. The van der Waals surface area contributed by atoms with Crippen molar-refractivity contribution in [2.24, 2.45) is 0 Å². The predicted molar refractivity (Wildman–Crippen MR) is 55.8 cm³/mol. The number of nitrogens with zero attached hydrogens (tertiary/aromatic N) is 1. The highest BCUT2D eigenvalue weighted by Gasteiger charge is 2.31. The lowest BCUT2D eigenvalue weighted by atomic mass is 10.4. The van der Waals surface area contributed by atoms with E-state index in [9.17, 15) is 8.78 Å². The second kappa shape index (κ2) is 5.75. The molecule has 0 amide bonds. The van der Waals surface area contributed by atoms with E-state index in [2.05, 4.69) is 4.98 Å². The number of alkyl halides is 2. The normalized spacial score (nSPS) is 11.8. The third kappa shape index (κ3) is 5.02. The Hall–Kier alpha value is -1.23. The average molecular weight is 231 g/mol. The maximum absolute atomic E-state index is 13.2. The second-order valence-electron chi connectivity index (χ2n) is 3.67. The van der Waals surface area contributed by atoms with Gasteiger partial charge in [-0.25, -0.2) is 13.8 Å². The quantitative estimate of drug-likeness (QED) is 0.753. The highest BCUT2D eigenvalue weighted by molar-refractivity contribution is 5.09. The van der Waals surface area contributed by atoms with Crippen LogP contribution in [0.5, 0.6) is 5.88 Å². The molecule has 5 heteroatoms. The molecule has 0 unspecified atom stereocenters. The first-order chi connectivity index (χ1) is 7.49. The maximum atomic E-state index is 13.2. The van der Waals surface area contributed by atoms with Crippen molar-refractivity contribution >= 4 is 0 Å². The SMILES string of the molecule is CC(C)OCC(F)(F)COc1ccccn1. The van der Waals surface area contributed by atoms with E-state index in [1.54, 1.807) is 26.0 Å². The Morgan fingerprint density at radius 1 is 1.31 bits per heavy atom. The van der Waals surface area contributed by atoms with Crippen LogP contribution in [-0.2, 0) is 4.74 Å². The molecule has 3 nitrogen and oxygen atoms in total. The Kier molecular flexibility index (Phi) is 4.61. The van der Waals surface area contributed by atoms with Crippen molar-refractivity contribution in [3.8, 4) is 5.88 Å². The van der Waals surface area contributed by atoms with Gasteiger partial charge in [-0.1, -0.05) is 6.07 Å². The molecule has 0 saturated carbocycles. The molecule has 1 aromatic heterocycles. The van der Waals surface area contributed by atoms with E-state index in [4.69, 9.17) is 9.47 Å². The largest absolute Gasteiger partial charge is 0.471 e. The maximum Gasteiger partial charge on any atom is 0.304 e. The Morgan fingerprint density at radius 2 is 2.06 bits per heavy atom. The van der Waals surface area contributed by atoms with E-state index < -0.39 is 19.1 Å². The van der Waals surface area contributed by atoms with Gasteiger partial charge in [0, 0.05) is 12.3 Å². The first-order valence-corrected chi connectivity index (χ1v) is 5.03. The zero-order chi connectivity index (χ0) is 12.0. The van der Waals surface area contributed by atoms with E-state index in [1.165, 1.54) is 12.3 Å². The Bertz CT molecular complexity index is 304. The highest BCUT2D eigenvalue weighted by Crippen LogP contribution is 2.16. The molecular formula is C11H15F2NO2. The summed E-state index contributed by atoms with van der Waals surface area (Å²) in [4.78, 5) is 3.78. The molecule has 0 aliphatic rings. The van der Waals surface area contributed by atoms with Crippen molar-refractivity contribution in [2.75, 3.05) is 13.2 Å². The molecule has 0 spiro atoms. The van der Waals surface area contributed by atoms with Crippen LogP contribution in [0.25, 0.3) is 0 Å². The summed E-state index contributed by atoms with van der Waals surface area (Å²) < 4.78 is 36.1. The fourth-order valence-corrected chi connectivity index (χ4v) is 0.942. The molecule has 0 radical (unpaired) electrons. The summed E-state index contributed by atoms with van der Waals surface area (Å²) in [7, 11) is 0. The molecule has 90 valence electrons. The highest BCUT2D eigenvalue weighted by atomic mass is 19.3. The zero-order valence-corrected chi connectivity index (χ0v) is 9.32. The standard InChI is InChI=1S/C11H15F2NO2/c1-9(2)15-7-11(12,13)8-16-10-5-3-4-6-14-10/h3-6,9H,7-8H2,1-2H3. The molecule has 0 saturated heterocycles. The van der Waals surface area contributed by atoms with Crippen LogP contribution in [-0.4, -0.2) is 30.2 Å². The number of halogens is 2. The van der Waals surface area contributed by atoms with Crippen LogP contribution < -0.4 is 4.74 Å². The lowest BCUT2D eigenvalue weighted by molar-refractivity contribution is -0.114. The van der Waals surface area contributed by atoms with Gasteiger partial charge in [-0.3, -0.25) is 0 Å². The molecular weight excluding hydrogens is 216 g/mol. The van der Waals surface area contributed by atoms with Gasteiger partial charge in [0.05, 0.1) is 6.10 Å². The Morgan fingerprint density at radius 3 is 2.62 bits per heavy atom. The molecule has 0 aliphatic heterocycles. The van der Waals surface area contributed by atoms with E-state index in [0.717, 1.165) is 0 Å². The van der Waals surface area contributed by atoms with Gasteiger partial charge >= 0.3 is 5.92 Å². The fourth-order valence-electron chi connectivity index (χ4n) is 0.942. The van der Waals surface area contributed by atoms with Gasteiger partial charge in [0.15, 0.2) is 6.61 Å². The van der Waals surface area contributed by atoms with E-state index >= 15 is 0 Å². The second-order valence-corrected chi connectivity index (χ2v) is 3.67. The molecule has 1 rings (SSSR count). The molecule has 0 atom stereocenters. The van der Waals surface area contributed by atoms with Crippen molar-refractivity contribution < 1.29 is 18.3 Å². The van der Waals surface area contributed by atoms with Crippen LogP contribution in [0.15, 0.2) is 24.4 Å². The Balaban J connectivity index is 2.36. The minimum absolute atomic E-state index is 0.187. The molecule has 0 N–H and O–H groups in total. The molecule has 0 fully saturated rings. The summed E-state index contributed by atoms with van der Waals surface area (Å²) >= 11 is 0. The number of aromatic nitrogens is 1. The fraction of sp³-hybridized carbons (Fsp3) is 0.545. The van der Waals surface area contributed by atoms with E-state index in [1.807, 2.05) is 0 Å². The van der Waals surface area contributed by atoms with Crippen molar-refractivity contribution in [2.45, 2.75) is 25.9 Å². The molecule has 0 aromatic carbocycles. The predicted octanol–water partition coefficient (Wildman–Crippen LogP) is 2.52. The third-order valence-electron chi connectivity index (χ3n) is 1.70. The van der Waals surface area contributed by atoms with E-state index in [0.29, 0.717) is 0 Å². The van der Waals surface area contributed by atoms with Crippen molar-refractivity contribution in [1.29, 1.82) is 0 Å². The number of pyridine rings is 1. The molecule has 0 bridgehead atoms. The topological polar surface area (TPSA) is 31.4 Å². The van der Waals surface area contributed by atoms with Gasteiger partial charge in [-0.15, -0.1) is 0 Å². The summed E-state index contributed by atoms with van der Waals surface area (Å²) in [5.74, 6) is -2.81. The minimum atomic E-state index is -3.00. The molecule has 0 aliphatic carbocycles. The van der Waals surface area contributed by atoms with Crippen molar-refractivity contribution in [1.82, 2.24) is 4.98 Å². The van der Waals surface area contributed by atoms with Gasteiger partial charge in [-0.05, 0) is 19.9 Å². The van der Waals surface area contributed by atoms with Crippen LogP contribution in [0.2, 0.25) is 0 Å². The van der Waals surface area contributed by atoms with Gasteiger partial charge < -0.3 is 9.47 Å². The number of ether oxygens (including phenoxy) is 2.